The number of amides is 1. The van der Waals surface area contributed by atoms with Crippen molar-refractivity contribution >= 4 is 21.7 Å². The lowest BCUT2D eigenvalue weighted by Gasteiger charge is -2.07. The molecule has 0 saturated carbocycles. The fourth-order valence-corrected chi connectivity index (χ4v) is 2.73. The van der Waals surface area contributed by atoms with E-state index < -0.39 is 15.9 Å². The lowest BCUT2D eigenvalue weighted by atomic mass is 10.2. The van der Waals surface area contributed by atoms with Crippen LogP contribution in [0, 0.1) is 19.3 Å². The van der Waals surface area contributed by atoms with Crippen LogP contribution >= 0.6 is 0 Å². The maximum absolute atomic E-state index is 12.2. The molecule has 1 aromatic carbocycles. The van der Waals surface area contributed by atoms with Crippen LogP contribution in [0.3, 0.4) is 0 Å². The Morgan fingerprint density at radius 1 is 1.30 bits per heavy atom. The van der Waals surface area contributed by atoms with Crippen molar-refractivity contribution in [2.45, 2.75) is 11.8 Å². The van der Waals surface area contributed by atoms with Crippen LogP contribution in [0.4, 0.5) is 5.82 Å². The fourth-order valence-electron chi connectivity index (χ4n) is 1.75. The van der Waals surface area contributed by atoms with Gasteiger partial charge in [-0.2, -0.15) is 4.72 Å². The van der Waals surface area contributed by atoms with E-state index in [9.17, 15) is 13.2 Å². The number of nitrogens with one attached hydrogen (secondary N) is 2. The summed E-state index contributed by atoms with van der Waals surface area (Å²) in [5.41, 5.74) is 1.17. The quantitative estimate of drug-likeness (QED) is 0.815. The molecule has 0 unspecified atom stereocenters. The lowest BCUT2D eigenvalue weighted by Crippen LogP contribution is -2.24. The number of rotatable bonds is 5. The van der Waals surface area contributed by atoms with Crippen molar-refractivity contribution in [3.8, 4) is 12.3 Å². The second kappa shape index (κ2) is 7.05. The molecule has 23 heavy (non-hydrogen) atoms. The largest absolute Gasteiger partial charge is 0.307 e. The average Bonchev–Trinajstić information content (AvgIpc) is 2.55. The van der Waals surface area contributed by atoms with E-state index in [1.165, 1.54) is 24.3 Å². The highest BCUT2D eigenvalue weighted by Gasteiger charge is 2.15. The number of sulfonamides is 1. The molecule has 2 aromatic rings. The third-order valence-corrected chi connectivity index (χ3v) is 4.32. The normalized spacial score (nSPS) is 10.8. The van der Waals surface area contributed by atoms with Gasteiger partial charge in [-0.3, -0.25) is 4.79 Å². The van der Waals surface area contributed by atoms with E-state index in [0.29, 0.717) is 5.82 Å². The van der Waals surface area contributed by atoms with Crippen molar-refractivity contribution in [1.29, 1.82) is 0 Å². The summed E-state index contributed by atoms with van der Waals surface area (Å²) in [5.74, 6) is 2.13. The van der Waals surface area contributed by atoms with E-state index in [0.717, 1.165) is 5.56 Å². The minimum absolute atomic E-state index is 0.0303. The predicted molar refractivity (Wildman–Crippen MR) is 87.4 cm³/mol. The minimum atomic E-state index is -3.75. The Kier molecular flexibility index (Phi) is 5.11. The Balaban J connectivity index is 2.20. The number of nitrogens with zero attached hydrogens (tertiary/aromatic N) is 1. The highest BCUT2D eigenvalue weighted by atomic mass is 32.2. The summed E-state index contributed by atoms with van der Waals surface area (Å²) >= 11 is 0. The second-order valence-electron chi connectivity index (χ2n) is 4.73. The molecule has 0 spiro atoms. The van der Waals surface area contributed by atoms with Crippen LogP contribution in [0.15, 0.2) is 47.5 Å². The molecule has 6 nitrogen and oxygen atoms in total. The molecule has 1 heterocycles. The molecule has 0 radical (unpaired) electrons. The first-order chi connectivity index (χ1) is 10.9. The molecule has 7 heteroatoms. The van der Waals surface area contributed by atoms with Crippen LogP contribution in [-0.4, -0.2) is 25.9 Å². The molecule has 118 valence electrons. The minimum Gasteiger partial charge on any atom is -0.307 e. The van der Waals surface area contributed by atoms with E-state index in [4.69, 9.17) is 6.42 Å². The summed E-state index contributed by atoms with van der Waals surface area (Å²) in [5, 5.41) is 2.61. The van der Waals surface area contributed by atoms with Crippen molar-refractivity contribution < 1.29 is 13.2 Å². The van der Waals surface area contributed by atoms with E-state index in [2.05, 4.69) is 20.9 Å². The zero-order valence-corrected chi connectivity index (χ0v) is 13.2. The predicted octanol–water partition coefficient (Wildman–Crippen LogP) is 1.55. The summed E-state index contributed by atoms with van der Waals surface area (Å²) in [6.07, 6.45) is 6.67. The Hall–Kier alpha value is -2.69. The van der Waals surface area contributed by atoms with E-state index in [1.54, 1.807) is 12.3 Å². The van der Waals surface area contributed by atoms with Crippen LogP contribution in [-0.2, 0) is 10.0 Å². The van der Waals surface area contributed by atoms with Gasteiger partial charge in [-0.15, -0.1) is 6.42 Å². The van der Waals surface area contributed by atoms with Crippen molar-refractivity contribution in [3.63, 3.8) is 0 Å². The van der Waals surface area contributed by atoms with Gasteiger partial charge in [0.1, 0.15) is 5.82 Å². The third kappa shape index (κ3) is 4.39. The SMILES string of the molecule is C#CCNS(=O)(=O)c1cccc(C(=O)Nc2ccc(C)cn2)c1. The number of aromatic nitrogens is 1. The first-order valence-corrected chi connectivity index (χ1v) is 8.18. The topological polar surface area (TPSA) is 88.2 Å². The molecule has 2 N–H and O–H groups in total. The maximum atomic E-state index is 12.2. The van der Waals surface area contributed by atoms with Gasteiger partial charge in [0.05, 0.1) is 11.4 Å². The molecular formula is C16H15N3O3S. The van der Waals surface area contributed by atoms with Gasteiger partial charge in [0, 0.05) is 11.8 Å². The standard InChI is InChI=1S/C16H15N3O3S/c1-3-9-18-23(21,22)14-6-4-5-13(10-14)16(20)19-15-8-7-12(2)11-17-15/h1,4-8,10-11,18H,9H2,2H3,(H,17,19,20). The molecule has 0 fully saturated rings. The first-order valence-electron chi connectivity index (χ1n) is 6.69. The molecule has 0 aliphatic carbocycles. The Bertz CT molecular complexity index is 853. The summed E-state index contributed by atoms with van der Waals surface area (Å²) in [4.78, 5) is 16.2. The van der Waals surface area contributed by atoms with Gasteiger partial charge in [0.2, 0.25) is 10.0 Å². The van der Waals surface area contributed by atoms with E-state index in [1.807, 2.05) is 13.0 Å². The maximum Gasteiger partial charge on any atom is 0.256 e. The highest BCUT2D eigenvalue weighted by molar-refractivity contribution is 7.89. The Morgan fingerprint density at radius 3 is 2.74 bits per heavy atom. The number of anilines is 1. The van der Waals surface area contributed by atoms with Crippen LogP contribution in [0.5, 0.6) is 0 Å². The summed E-state index contributed by atoms with van der Waals surface area (Å²) < 4.78 is 26.3. The smallest absolute Gasteiger partial charge is 0.256 e. The summed E-state index contributed by atoms with van der Waals surface area (Å²) in [6.45, 7) is 1.77. The van der Waals surface area contributed by atoms with Gasteiger partial charge in [-0.05, 0) is 36.8 Å². The molecule has 0 atom stereocenters. The van der Waals surface area contributed by atoms with Gasteiger partial charge in [-0.25, -0.2) is 13.4 Å². The summed E-state index contributed by atoms with van der Waals surface area (Å²) in [6, 6.07) is 9.16. The number of pyridine rings is 1. The molecule has 1 aromatic heterocycles. The zero-order chi connectivity index (χ0) is 16.9. The van der Waals surface area contributed by atoms with Crippen molar-refractivity contribution in [1.82, 2.24) is 9.71 Å². The lowest BCUT2D eigenvalue weighted by molar-refractivity contribution is 0.102. The van der Waals surface area contributed by atoms with Gasteiger partial charge < -0.3 is 5.32 Å². The molecular weight excluding hydrogens is 314 g/mol. The van der Waals surface area contributed by atoms with E-state index >= 15 is 0 Å². The molecule has 0 aliphatic heterocycles. The number of benzene rings is 1. The number of terminal acetylenes is 1. The van der Waals surface area contributed by atoms with Crippen molar-refractivity contribution in [3.05, 3.63) is 53.7 Å². The van der Waals surface area contributed by atoms with E-state index in [-0.39, 0.29) is 17.0 Å². The zero-order valence-electron chi connectivity index (χ0n) is 12.4. The highest BCUT2D eigenvalue weighted by Crippen LogP contribution is 2.13. The summed E-state index contributed by atoms with van der Waals surface area (Å²) in [7, 11) is -3.75. The molecule has 0 aliphatic rings. The van der Waals surface area contributed by atoms with Crippen molar-refractivity contribution in [2.75, 3.05) is 11.9 Å². The van der Waals surface area contributed by atoms with Crippen molar-refractivity contribution in [2.24, 2.45) is 0 Å². The van der Waals surface area contributed by atoms with Gasteiger partial charge in [0.25, 0.3) is 5.91 Å². The Morgan fingerprint density at radius 2 is 2.09 bits per heavy atom. The van der Waals surface area contributed by atoms with Crippen LogP contribution in [0.25, 0.3) is 0 Å². The number of carbonyl (C=O) groups is 1. The molecule has 2 rings (SSSR count). The number of hydrogen-bond acceptors (Lipinski definition) is 4. The molecule has 0 saturated heterocycles. The number of aryl methyl sites for hydroxylation is 1. The average molecular weight is 329 g/mol. The monoisotopic (exact) mass is 329 g/mol. The number of hydrogen-bond donors (Lipinski definition) is 2. The molecule has 0 bridgehead atoms. The van der Waals surface area contributed by atoms with Gasteiger partial charge in [0.15, 0.2) is 0 Å². The Labute approximate surface area is 135 Å². The first kappa shape index (κ1) is 16.7. The molecule has 1 amide bonds. The van der Waals surface area contributed by atoms with Crippen LogP contribution in [0.1, 0.15) is 15.9 Å². The number of carbonyl (C=O) groups excluding carboxylic acids is 1. The second-order valence-corrected chi connectivity index (χ2v) is 6.50. The fraction of sp³-hybridized carbons (Fsp3) is 0.125. The van der Waals surface area contributed by atoms with Crippen LogP contribution in [0.2, 0.25) is 0 Å². The van der Waals surface area contributed by atoms with Crippen LogP contribution < -0.4 is 10.0 Å². The van der Waals surface area contributed by atoms with Gasteiger partial charge >= 0.3 is 0 Å². The van der Waals surface area contributed by atoms with Gasteiger partial charge in [-0.1, -0.05) is 18.1 Å². The third-order valence-electron chi connectivity index (χ3n) is 2.92.